The molecule has 8 nitrogen and oxygen atoms in total. The van der Waals surface area contributed by atoms with Crippen molar-refractivity contribution >= 4 is 34.0 Å². The minimum absolute atomic E-state index is 0.141. The van der Waals surface area contributed by atoms with Crippen molar-refractivity contribution in [3.63, 3.8) is 0 Å². The first kappa shape index (κ1) is 28.8. The van der Waals surface area contributed by atoms with E-state index in [0.29, 0.717) is 60.8 Å². The molecule has 5 rings (SSSR count). The van der Waals surface area contributed by atoms with Crippen LogP contribution in [0.25, 0.3) is 0 Å². The molecule has 11 heteroatoms. The molecule has 4 atom stereocenters. The van der Waals surface area contributed by atoms with Crippen molar-refractivity contribution in [1.29, 1.82) is 0 Å². The highest BCUT2D eigenvalue weighted by Gasteiger charge is 2.43. The number of nitrogens with zero attached hydrogens (tertiary/aromatic N) is 1. The SMILES string of the molecule is N[C@H](C(=O)Nc1cccc(F)c1CC[C@H]1CN[C@@H]2CCCS(O)(O)N1C2)C1(c2ccc(Cl)cc2)CCNCC1. The first-order valence-electron chi connectivity index (χ1n) is 13.8. The molecule has 3 aliphatic heterocycles. The van der Waals surface area contributed by atoms with Crippen LogP contribution in [0.15, 0.2) is 42.5 Å². The highest BCUT2D eigenvalue weighted by molar-refractivity contribution is 8.22. The zero-order valence-corrected chi connectivity index (χ0v) is 23.6. The summed E-state index contributed by atoms with van der Waals surface area (Å²) >= 11 is 6.12. The monoisotopic (exact) mass is 579 g/mol. The zero-order valence-electron chi connectivity index (χ0n) is 22.0. The lowest BCUT2D eigenvalue weighted by molar-refractivity contribution is -0.119. The van der Waals surface area contributed by atoms with Gasteiger partial charge in [-0.15, -0.1) is 10.8 Å². The molecular weight excluding hydrogens is 541 g/mol. The van der Waals surface area contributed by atoms with E-state index in [1.54, 1.807) is 12.1 Å². The zero-order chi connectivity index (χ0) is 27.6. The molecule has 0 aromatic heterocycles. The van der Waals surface area contributed by atoms with E-state index >= 15 is 4.39 Å². The number of hydrogen-bond acceptors (Lipinski definition) is 7. The fourth-order valence-corrected chi connectivity index (χ4v) is 8.40. The van der Waals surface area contributed by atoms with Crippen molar-refractivity contribution < 1.29 is 18.3 Å². The summed E-state index contributed by atoms with van der Waals surface area (Å²) in [6.45, 7) is 2.66. The third-order valence-corrected chi connectivity index (χ3v) is 11.0. The topological polar surface area (TPSA) is 123 Å². The van der Waals surface area contributed by atoms with Gasteiger partial charge in [0, 0.05) is 46.9 Å². The molecule has 0 radical (unpaired) electrons. The number of piperidine rings is 1. The molecule has 3 saturated heterocycles. The number of fused-ring (bicyclic) bond motifs is 2. The quantitative estimate of drug-likeness (QED) is 0.292. The second-order valence-corrected chi connectivity index (χ2v) is 13.6. The molecule has 3 aliphatic rings. The number of amides is 1. The van der Waals surface area contributed by atoms with Crippen LogP contribution in [0.5, 0.6) is 0 Å². The Morgan fingerprint density at radius 2 is 1.97 bits per heavy atom. The Morgan fingerprint density at radius 3 is 2.72 bits per heavy atom. The van der Waals surface area contributed by atoms with Crippen LogP contribution < -0.4 is 21.7 Å². The van der Waals surface area contributed by atoms with E-state index in [2.05, 4.69) is 16.0 Å². The van der Waals surface area contributed by atoms with Crippen molar-refractivity contribution in [1.82, 2.24) is 14.9 Å². The van der Waals surface area contributed by atoms with Crippen LogP contribution in [0.1, 0.15) is 43.2 Å². The molecule has 0 spiro atoms. The van der Waals surface area contributed by atoms with Crippen molar-refractivity contribution in [2.75, 3.05) is 37.2 Å². The molecule has 3 fully saturated rings. The van der Waals surface area contributed by atoms with Gasteiger partial charge in [-0.1, -0.05) is 29.8 Å². The first-order valence-corrected chi connectivity index (χ1v) is 15.8. The molecular formula is C28H39ClFN5O3S. The number of piperazine rings is 1. The molecule has 1 amide bonds. The number of carbonyl (C=O) groups is 1. The third-order valence-electron chi connectivity index (χ3n) is 8.69. The van der Waals surface area contributed by atoms with Crippen LogP contribution in [0, 0.1) is 5.82 Å². The summed E-state index contributed by atoms with van der Waals surface area (Å²) in [6.07, 6.45) is 3.92. The highest BCUT2D eigenvalue weighted by atomic mass is 35.5. The van der Waals surface area contributed by atoms with E-state index in [-0.39, 0.29) is 18.0 Å². The summed E-state index contributed by atoms with van der Waals surface area (Å²) in [6, 6.07) is 11.4. The van der Waals surface area contributed by atoms with E-state index in [4.69, 9.17) is 17.3 Å². The molecule has 214 valence electrons. The summed E-state index contributed by atoms with van der Waals surface area (Å²) in [5, 5.41) is 10.4. The fourth-order valence-electron chi connectivity index (χ4n) is 6.41. The number of halogens is 2. The van der Waals surface area contributed by atoms with Crippen molar-refractivity contribution in [3.05, 3.63) is 64.4 Å². The Bertz CT molecular complexity index is 1160. The lowest BCUT2D eigenvalue weighted by Gasteiger charge is -2.49. The number of hydrogen-bond donors (Lipinski definition) is 6. The number of carbonyl (C=O) groups excluding carboxylic acids is 1. The Kier molecular flexibility index (Phi) is 8.85. The van der Waals surface area contributed by atoms with Gasteiger partial charge >= 0.3 is 0 Å². The summed E-state index contributed by atoms with van der Waals surface area (Å²) in [5.41, 5.74) is 7.89. The predicted octanol–water partition coefficient (Wildman–Crippen LogP) is 4.10. The average Bonchev–Trinajstić information content (AvgIpc) is 3.04. The third kappa shape index (κ3) is 6.13. The molecule has 3 heterocycles. The molecule has 2 aromatic carbocycles. The maximum atomic E-state index is 15.1. The smallest absolute Gasteiger partial charge is 0.242 e. The molecule has 1 unspecified atom stereocenters. The molecule has 0 aliphatic carbocycles. The van der Waals surface area contributed by atoms with Gasteiger partial charge in [0.1, 0.15) is 5.82 Å². The Morgan fingerprint density at radius 1 is 1.23 bits per heavy atom. The molecule has 2 bridgehead atoms. The maximum absolute atomic E-state index is 15.1. The first-order chi connectivity index (χ1) is 18.7. The number of benzene rings is 2. The van der Waals surface area contributed by atoms with Gasteiger partial charge in [0.15, 0.2) is 0 Å². The average molecular weight is 580 g/mol. The van der Waals surface area contributed by atoms with Crippen LogP contribution >= 0.6 is 22.4 Å². The van der Waals surface area contributed by atoms with Gasteiger partial charge in [-0.25, -0.2) is 8.70 Å². The summed E-state index contributed by atoms with van der Waals surface area (Å²) in [7, 11) is -2.84. The van der Waals surface area contributed by atoms with Crippen LogP contribution in [-0.4, -0.2) is 69.4 Å². The van der Waals surface area contributed by atoms with Crippen LogP contribution in [-0.2, 0) is 16.6 Å². The van der Waals surface area contributed by atoms with E-state index in [0.717, 1.165) is 31.5 Å². The number of rotatable bonds is 7. The van der Waals surface area contributed by atoms with Crippen LogP contribution in [0.3, 0.4) is 0 Å². The highest BCUT2D eigenvalue weighted by Crippen LogP contribution is 2.49. The van der Waals surface area contributed by atoms with Gasteiger partial charge in [-0.3, -0.25) is 13.9 Å². The maximum Gasteiger partial charge on any atom is 0.242 e. The predicted molar refractivity (Wildman–Crippen MR) is 156 cm³/mol. The standard InChI is InChI=1S/C28H39ClFN5O3S/c29-20-8-6-19(7-9-20)28(12-14-32-15-13-28)26(31)27(36)34-25-5-1-4-24(30)23(25)11-10-22-17-33-21-3-2-16-39(37,38)35(22)18-21/h1,4-9,21-22,26,32-33,37-38H,2-3,10-18,31H2,(H,34,36)/t21-,22+,26-/m1/s1. The van der Waals surface area contributed by atoms with Crippen molar-refractivity contribution in [3.8, 4) is 0 Å². The van der Waals surface area contributed by atoms with Gasteiger partial charge in [0.2, 0.25) is 5.91 Å². The van der Waals surface area contributed by atoms with E-state index in [9.17, 15) is 13.9 Å². The Hall–Kier alpha value is -1.76. The van der Waals surface area contributed by atoms with Crippen LogP contribution in [0.2, 0.25) is 5.02 Å². The number of nitrogens with two attached hydrogens (primary N) is 1. The number of anilines is 1. The normalized spacial score (nSPS) is 27.7. The largest absolute Gasteiger partial charge is 0.324 e. The lowest BCUT2D eigenvalue weighted by Crippen LogP contribution is -2.56. The van der Waals surface area contributed by atoms with Gasteiger partial charge < -0.3 is 21.7 Å². The summed E-state index contributed by atoms with van der Waals surface area (Å²) < 4.78 is 38.5. The fraction of sp³-hybridized carbons (Fsp3) is 0.536. The minimum atomic E-state index is -2.84. The Balaban J connectivity index is 1.33. The van der Waals surface area contributed by atoms with Crippen molar-refractivity contribution in [2.24, 2.45) is 5.73 Å². The number of nitrogens with one attached hydrogen (secondary N) is 3. The minimum Gasteiger partial charge on any atom is -0.324 e. The Labute approximate surface area is 236 Å². The summed E-state index contributed by atoms with van der Waals surface area (Å²) in [4.78, 5) is 13.6. The van der Waals surface area contributed by atoms with E-state index < -0.39 is 28.0 Å². The van der Waals surface area contributed by atoms with Crippen molar-refractivity contribution in [2.45, 2.75) is 62.1 Å². The van der Waals surface area contributed by atoms with Crippen LogP contribution in [0.4, 0.5) is 10.1 Å². The second kappa shape index (κ2) is 12.0. The summed E-state index contributed by atoms with van der Waals surface area (Å²) in [5.74, 6) is -0.395. The molecule has 7 N–H and O–H groups in total. The van der Waals surface area contributed by atoms with Gasteiger partial charge in [0.25, 0.3) is 0 Å². The van der Waals surface area contributed by atoms with Gasteiger partial charge in [-0.2, -0.15) is 0 Å². The van der Waals surface area contributed by atoms with Gasteiger partial charge in [-0.05, 0) is 81.4 Å². The van der Waals surface area contributed by atoms with E-state index in [1.165, 1.54) is 6.07 Å². The van der Waals surface area contributed by atoms with Gasteiger partial charge in [0.05, 0.1) is 11.8 Å². The van der Waals surface area contributed by atoms with E-state index in [1.807, 2.05) is 28.6 Å². The molecule has 2 aromatic rings. The lowest BCUT2D eigenvalue weighted by atomic mass is 9.68. The molecule has 39 heavy (non-hydrogen) atoms. The second-order valence-electron chi connectivity index (χ2n) is 11.0. The molecule has 0 saturated carbocycles.